The van der Waals surface area contributed by atoms with Gasteiger partial charge in [0.1, 0.15) is 0 Å². The van der Waals surface area contributed by atoms with Crippen molar-refractivity contribution in [1.82, 2.24) is 5.32 Å². The fraction of sp³-hybridized carbons (Fsp3) is 1.00. The van der Waals surface area contributed by atoms with Crippen LogP contribution in [0.3, 0.4) is 0 Å². The molecule has 0 aromatic heterocycles. The second-order valence-electron chi connectivity index (χ2n) is 7.09. The van der Waals surface area contributed by atoms with Crippen LogP contribution in [0.4, 0.5) is 0 Å². The molecule has 1 saturated carbocycles. The van der Waals surface area contributed by atoms with E-state index in [-0.39, 0.29) is 5.41 Å². The van der Waals surface area contributed by atoms with Gasteiger partial charge in [0.25, 0.3) is 0 Å². The summed E-state index contributed by atoms with van der Waals surface area (Å²) < 4.78 is 5.82. The Kier molecular flexibility index (Phi) is 4.35. The average Bonchev–Trinajstić information content (AvgIpc) is 2.29. The maximum absolute atomic E-state index is 5.82. The highest BCUT2D eigenvalue weighted by Crippen LogP contribution is 2.44. The van der Waals surface area contributed by atoms with Gasteiger partial charge in [-0.1, -0.05) is 27.7 Å². The van der Waals surface area contributed by atoms with Crippen molar-refractivity contribution >= 4 is 11.8 Å². The molecular weight excluding hydrogens is 242 g/mol. The molecule has 1 aliphatic carbocycles. The molecule has 106 valence electrons. The van der Waals surface area contributed by atoms with Crippen molar-refractivity contribution < 1.29 is 4.74 Å². The first-order valence-electron chi connectivity index (χ1n) is 7.33. The van der Waals surface area contributed by atoms with Crippen LogP contribution < -0.4 is 5.32 Å². The van der Waals surface area contributed by atoms with Gasteiger partial charge in [-0.05, 0) is 30.9 Å². The molecule has 0 bridgehead atoms. The number of rotatable bonds is 4. The molecule has 0 spiro atoms. The third kappa shape index (κ3) is 2.73. The number of hydrogen-bond donors (Lipinski definition) is 1. The van der Waals surface area contributed by atoms with Crippen LogP contribution >= 0.6 is 11.8 Å². The van der Waals surface area contributed by atoms with Crippen LogP contribution in [0.2, 0.25) is 0 Å². The van der Waals surface area contributed by atoms with E-state index in [1.54, 1.807) is 0 Å². The maximum Gasteiger partial charge on any atom is 0.0655 e. The predicted molar refractivity (Wildman–Crippen MR) is 80.2 cm³/mol. The van der Waals surface area contributed by atoms with E-state index in [4.69, 9.17) is 4.74 Å². The summed E-state index contributed by atoms with van der Waals surface area (Å²) in [5.74, 6) is 2.58. The van der Waals surface area contributed by atoms with Crippen molar-refractivity contribution in [1.29, 1.82) is 0 Å². The fourth-order valence-corrected chi connectivity index (χ4v) is 4.73. The highest BCUT2D eigenvalue weighted by molar-refractivity contribution is 7.99. The summed E-state index contributed by atoms with van der Waals surface area (Å²) in [7, 11) is 0. The molecule has 3 atom stereocenters. The lowest BCUT2D eigenvalue weighted by molar-refractivity contribution is -0.118. The minimum atomic E-state index is 0.286. The average molecular weight is 271 g/mol. The van der Waals surface area contributed by atoms with Crippen LogP contribution in [0.1, 0.15) is 47.5 Å². The number of ether oxygens (including phenoxy) is 1. The van der Waals surface area contributed by atoms with Gasteiger partial charge in [-0.25, -0.2) is 0 Å². The Labute approximate surface area is 117 Å². The number of thioether (sulfide) groups is 1. The van der Waals surface area contributed by atoms with E-state index < -0.39 is 0 Å². The zero-order valence-corrected chi connectivity index (χ0v) is 13.4. The number of nitrogens with one attached hydrogen (secondary N) is 1. The third-order valence-electron chi connectivity index (χ3n) is 5.07. The summed E-state index contributed by atoms with van der Waals surface area (Å²) in [4.78, 5) is 0. The standard InChI is InChI=1S/C15H29NOS/c1-6-17-13-9-11(15(13,4)5)16-12-10-18-8-7-14(12,2)3/h11-13,16H,6-10H2,1-5H3. The van der Waals surface area contributed by atoms with Crippen LogP contribution in [0.15, 0.2) is 0 Å². The first kappa shape index (κ1) is 14.7. The van der Waals surface area contributed by atoms with E-state index in [0.29, 0.717) is 23.6 Å². The van der Waals surface area contributed by atoms with Crippen molar-refractivity contribution in [3.8, 4) is 0 Å². The molecule has 3 heteroatoms. The van der Waals surface area contributed by atoms with Crippen molar-refractivity contribution in [3.63, 3.8) is 0 Å². The second kappa shape index (κ2) is 5.34. The topological polar surface area (TPSA) is 21.3 Å². The van der Waals surface area contributed by atoms with Crippen LogP contribution in [-0.4, -0.2) is 36.3 Å². The molecule has 0 amide bonds. The van der Waals surface area contributed by atoms with Crippen LogP contribution in [0.5, 0.6) is 0 Å². The normalized spacial score (nSPS) is 38.2. The fourth-order valence-electron chi connectivity index (χ4n) is 3.11. The molecule has 1 aliphatic heterocycles. The molecule has 1 heterocycles. The zero-order valence-electron chi connectivity index (χ0n) is 12.6. The molecule has 2 fully saturated rings. The van der Waals surface area contributed by atoms with Crippen molar-refractivity contribution in [2.24, 2.45) is 10.8 Å². The van der Waals surface area contributed by atoms with Gasteiger partial charge >= 0.3 is 0 Å². The Bertz CT molecular complexity index is 290. The zero-order chi connectivity index (χ0) is 13.4. The minimum Gasteiger partial charge on any atom is -0.378 e. The molecule has 2 rings (SSSR count). The maximum atomic E-state index is 5.82. The van der Waals surface area contributed by atoms with Gasteiger partial charge in [0.2, 0.25) is 0 Å². The van der Waals surface area contributed by atoms with E-state index >= 15 is 0 Å². The van der Waals surface area contributed by atoms with E-state index in [0.717, 1.165) is 6.61 Å². The Balaban J connectivity index is 1.91. The minimum absolute atomic E-state index is 0.286. The summed E-state index contributed by atoms with van der Waals surface area (Å²) >= 11 is 2.10. The first-order chi connectivity index (χ1) is 8.38. The smallest absolute Gasteiger partial charge is 0.0655 e. The van der Waals surface area contributed by atoms with Crippen molar-refractivity contribution in [2.45, 2.75) is 65.6 Å². The molecule has 3 unspecified atom stereocenters. The summed E-state index contributed by atoms with van der Waals surface area (Å²) in [6, 6.07) is 1.28. The van der Waals surface area contributed by atoms with Gasteiger partial charge in [-0.3, -0.25) is 0 Å². The molecule has 1 saturated heterocycles. The molecule has 0 aromatic carbocycles. The van der Waals surface area contributed by atoms with Crippen molar-refractivity contribution in [3.05, 3.63) is 0 Å². The molecule has 18 heavy (non-hydrogen) atoms. The molecule has 1 N–H and O–H groups in total. The van der Waals surface area contributed by atoms with Crippen LogP contribution in [-0.2, 0) is 4.74 Å². The van der Waals surface area contributed by atoms with Crippen LogP contribution in [0.25, 0.3) is 0 Å². The highest BCUT2D eigenvalue weighted by Gasteiger charge is 2.50. The van der Waals surface area contributed by atoms with Gasteiger partial charge < -0.3 is 10.1 Å². The summed E-state index contributed by atoms with van der Waals surface area (Å²) in [5.41, 5.74) is 0.728. The van der Waals surface area contributed by atoms with Gasteiger partial charge in [0, 0.05) is 29.9 Å². The van der Waals surface area contributed by atoms with Gasteiger partial charge in [-0.2, -0.15) is 11.8 Å². The highest BCUT2D eigenvalue weighted by atomic mass is 32.2. The molecule has 0 aromatic rings. The van der Waals surface area contributed by atoms with E-state index in [1.165, 1.54) is 24.3 Å². The first-order valence-corrected chi connectivity index (χ1v) is 8.49. The summed E-state index contributed by atoms with van der Waals surface area (Å²) in [5, 5.41) is 3.92. The van der Waals surface area contributed by atoms with E-state index in [1.807, 2.05) is 0 Å². The van der Waals surface area contributed by atoms with Gasteiger partial charge in [0.05, 0.1) is 6.10 Å². The van der Waals surface area contributed by atoms with Crippen molar-refractivity contribution in [2.75, 3.05) is 18.1 Å². The molecule has 2 aliphatic rings. The lowest BCUT2D eigenvalue weighted by atomic mass is 9.63. The molecule has 0 radical (unpaired) electrons. The predicted octanol–water partition coefficient (Wildman–Crippen LogP) is 3.31. The Morgan fingerprint density at radius 2 is 1.94 bits per heavy atom. The third-order valence-corrected chi connectivity index (χ3v) is 6.13. The monoisotopic (exact) mass is 271 g/mol. The summed E-state index contributed by atoms with van der Waals surface area (Å²) in [6.07, 6.45) is 2.95. The van der Waals surface area contributed by atoms with E-state index in [9.17, 15) is 0 Å². The SMILES string of the molecule is CCOC1CC(NC2CSCCC2(C)C)C1(C)C. The Hall–Kier alpha value is 0.270. The van der Waals surface area contributed by atoms with E-state index in [2.05, 4.69) is 51.7 Å². The van der Waals surface area contributed by atoms with Gasteiger partial charge in [0.15, 0.2) is 0 Å². The molecular formula is C15H29NOS. The lowest BCUT2D eigenvalue weighted by Crippen LogP contribution is -2.65. The van der Waals surface area contributed by atoms with Crippen LogP contribution in [0, 0.1) is 10.8 Å². The lowest BCUT2D eigenvalue weighted by Gasteiger charge is -2.54. The largest absolute Gasteiger partial charge is 0.378 e. The number of hydrogen-bond acceptors (Lipinski definition) is 3. The molecule has 2 nitrogen and oxygen atoms in total. The second-order valence-corrected chi connectivity index (χ2v) is 8.24. The Morgan fingerprint density at radius 3 is 2.50 bits per heavy atom. The Morgan fingerprint density at radius 1 is 1.22 bits per heavy atom. The quantitative estimate of drug-likeness (QED) is 0.847. The summed E-state index contributed by atoms with van der Waals surface area (Å²) in [6.45, 7) is 12.4. The van der Waals surface area contributed by atoms with Gasteiger partial charge in [-0.15, -0.1) is 0 Å².